The maximum Gasteiger partial charge on any atom is 0.108 e. The van der Waals surface area contributed by atoms with Gasteiger partial charge >= 0.3 is 0 Å². The number of halogens is 1. The van der Waals surface area contributed by atoms with Crippen LogP contribution >= 0.6 is 27.3 Å². The number of nitrogens with zero attached hydrogens (tertiary/aromatic N) is 1. The summed E-state index contributed by atoms with van der Waals surface area (Å²) in [6, 6.07) is 19.2. The van der Waals surface area contributed by atoms with Crippen LogP contribution in [0.2, 0.25) is 0 Å². The molecule has 0 bridgehead atoms. The van der Waals surface area contributed by atoms with Crippen LogP contribution in [0.3, 0.4) is 0 Å². The molecule has 2 aromatic carbocycles. The first-order valence-corrected chi connectivity index (χ1v) is 7.68. The molecule has 4 aromatic rings. The lowest BCUT2D eigenvalue weighted by molar-refractivity contribution is 1.14. The van der Waals surface area contributed by atoms with Gasteiger partial charge in [-0.05, 0) is 36.4 Å². The topological polar surface area (TPSA) is 4.93 Å². The van der Waals surface area contributed by atoms with E-state index >= 15 is 0 Å². The monoisotopic (exact) mass is 327 g/mol. The molecule has 92 valence electrons. The molecule has 2 aromatic heterocycles. The Morgan fingerprint density at radius 1 is 0.842 bits per heavy atom. The Bertz CT molecular complexity index is 871. The van der Waals surface area contributed by atoms with E-state index in [9.17, 15) is 0 Å². The molecule has 2 heterocycles. The van der Waals surface area contributed by atoms with Crippen LogP contribution in [0.1, 0.15) is 0 Å². The largest absolute Gasteiger partial charge is 0.308 e. The standard InChI is InChI=1S/C16H10BrNS/c17-11-5-7-12(8-6-11)18-10-9-14-13-3-1-2-4-15(13)19-16(14)18/h1-10H. The van der Waals surface area contributed by atoms with Crippen molar-refractivity contribution < 1.29 is 0 Å². The summed E-state index contributed by atoms with van der Waals surface area (Å²) in [7, 11) is 0. The van der Waals surface area contributed by atoms with Crippen LogP contribution in [-0.2, 0) is 0 Å². The average molecular weight is 328 g/mol. The Hall–Kier alpha value is -1.58. The highest BCUT2D eigenvalue weighted by Gasteiger charge is 2.09. The molecule has 0 amide bonds. The van der Waals surface area contributed by atoms with E-state index in [4.69, 9.17) is 0 Å². The summed E-state index contributed by atoms with van der Waals surface area (Å²) in [5.74, 6) is 0. The third kappa shape index (κ3) is 1.73. The van der Waals surface area contributed by atoms with Crippen LogP contribution in [0.5, 0.6) is 0 Å². The lowest BCUT2D eigenvalue weighted by Gasteiger charge is -2.03. The zero-order chi connectivity index (χ0) is 12.8. The molecular weight excluding hydrogens is 318 g/mol. The molecule has 3 heteroatoms. The Morgan fingerprint density at radius 2 is 1.63 bits per heavy atom. The normalized spacial score (nSPS) is 11.4. The molecule has 0 aliphatic heterocycles. The lowest BCUT2D eigenvalue weighted by atomic mass is 10.2. The number of rotatable bonds is 1. The van der Waals surface area contributed by atoms with Crippen molar-refractivity contribution in [1.29, 1.82) is 0 Å². The van der Waals surface area contributed by atoms with Crippen molar-refractivity contribution in [2.24, 2.45) is 0 Å². The first kappa shape index (κ1) is 11.3. The number of aromatic nitrogens is 1. The highest BCUT2D eigenvalue weighted by atomic mass is 79.9. The number of benzene rings is 2. The van der Waals surface area contributed by atoms with Gasteiger partial charge in [0.2, 0.25) is 0 Å². The number of thiophene rings is 1. The van der Waals surface area contributed by atoms with Gasteiger partial charge in [0.25, 0.3) is 0 Å². The van der Waals surface area contributed by atoms with Crippen molar-refractivity contribution in [3.63, 3.8) is 0 Å². The van der Waals surface area contributed by atoms with Gasteiger partial charge in [-0.1, -0.05) is 34.1 Å². The van der Waals surface area contributed by atoms with Gasteiger partial charge < -0.3 is 4.57 Å². The third-order valence-electron chi connectivity index (χ3n) is 3.33. The molecular formula is C16H10BrNS. The Kier molecular flexibility index (Phi) is 2.50. The summed E-state index contributed by atoms with van der Waals surface area (Å²) in [6.45, 7) is 0. The molecule has 0 saturated heterocycles. The third-order valence-corrected chi connectivity index (χ3v) is 5.04. The maximum atomic E-state index is 3.48. The van der Waals surface area contributed by atoms with Gasteiger partial charge in [0.1, 0.15) is 4.83 Å². The van der Waals surface area contributed by atoms with Crippen LogP contribution in [0.15, 0.2) is 65.3 Å². The van der Waals surface area contributed by atoms with Gasteiger partial charge in [0.15, 0.2) is 0 Å². The Balaban J connectivity index is 2.02. The molecule has 1 nitrogen and oxygen atoms in total. The summed E-state index contributed by atoms with van der Waals surface area (Å²) in [4.78, 5) is 1.31. The fourth-order valence-electron chi connectivity index (χ4n) is 2.41. The van der Waals surface area contributed by atoms with Crippen molar-refractivity contribution in [3.8, 4) is 5.69 Å². The smallest absolute Gasteiger partial charge is 0.108 e. The summed E-state index contributed by atoms with van der Waals surface area (Å²) >= 11 is 5.33. The first-order valence-electron chi connectivity index (χ1n) is 6.07. The van der Waals surface area contributed by atoms with Gasteiger partial charge in [-0.15, -0.1) is 11.3 Å². The van der Waals surface area contributed by atoms with E-state index in [1.54, 1.807) is 0 Å². The van der Waals surface area contributed by atoms with Crippen molar-refractivity contribution in [2.45, 2.75) is 0 Å². The first-order chi connectivity index (χ1) is 9.33. The predicted octanol–water partition coefficient (Wildman–Crippen LogP) is 5.61. The molecule has 0 spiro atoms. The van der Waals surface area contributed by atoms with Crippen molar-refractivity contribution in [1.82, 2.24) is 4.57 Å². The molecule has 0 N–H and O–H groups in total. The number of hydrogen-bond donors (Lipinski definition) is 0. The van der Waals surface area contributed by atoms with Gasteiger partial charge in [-0.3, -0.25) is 0 Å². The number of fused-ring (bicyclic) bond motifs is 3. The van der Waals surface area contributed by atoms with Crippen molar-refractivity contribution in [3.05, 3.63) is 65.3 Å². The van der Waals surface area contributed by atoms with E-state index in [1.165, 1.54) is 26.0 Å². The Labute approximate surface area is 123 Å². The molecule has 0 radical (unpaired) electrons. The fraction of sp³-hybridized carbons (Fsp3) is 0. The van der Waals surface area contributed by atoms with Crippen LogP contribution in [-0.4, -0.2) is 4.57 Å². The molecule has 0 aliphatic carbocycles. The maximum absolute atomic E-state index is 3.48. The second-order valence-corrected chi connectivity index (χ2v) is 6.43. The highest BCUT2D eigenvalue weighted by molar-refractivity contribution is 9.10. The van der Waals surface area contributed by atoms with Crippen LogP contribution in [0.25, 0.3) is 26.0 Å². The van der Waals surface area contributed by atoms with E-state index in [0.29, 0.717) is 0 Å². The molecule has 4 rings (SSSR count). The molecule has 19 heavy (non-hydrogen) atoms. The zero-order valence-electron chi connectivity index (χ0n) is 10.0. The van der Waals surface area contributed by atoms with E-state index in [-0.39, 0.29) is 0 Å². The van der Waals surface area contributed by atoms with Crippen LogP contribution in [0, 0.1) is 0 Å². The SMILES string of the molecule is Brc1ccc(-n2ccc3c4ccccc4sc32)cc1. The quantitative estimate of drug-likeness (QED) is 0.428. The van der Waals surface area contributed by atoms with Gasteiger partial charge in [0, 0.05) is 31.8 Å². The minimum atomic E-state index is 1.11. The fourth-order valence-corrected chi connectivity index (χ4v) is 3.87. The van der Waals surface area contributed by atoms with Gasteiger partial charge in [-0.2, -0.15) is 0 Å². The van der Waals surface area contributed by atoms with Gasteiger partial charge in [-0.25, -0.2) is 0 Å². The number of hydrogen-bond acceptors (Lipinski definition) is 1. The second kappa shape index (κ2) is 4.22. The van der Waals surface area contributed by atoms with Gasteiger partial charge in [0.05, 0.1) is 0 Å². The van der Waals surface area contributed by atoms with E-state index in [2.05, 4.69) is 81.3 Å². The average Bonchev–Trinajstić information content (AvgIpc) is 2.98. The van der Waals surface area contributed by atoms with E-state index in [0.717, 1.165) is 4.47 Å². The molecule has 0 unspecified atom stereocenters. The minimum Gasteiger partial charge on any atom is -0.308 e. The minimum absolute atomic E-state index is 1.11. The summed E-state index contributed by atoms with van der Waals surface area (Å²) in [5.41, 5.74) is 1.20. The van der Waals surface area contributed by atoms with Crippen LogP contribution in [0.4, 0.5) is 0 Å². The van der Waals surface area contributed by atoms with E-state index < -0.39 is 0 Å². The highest BCUT2D eigenvalue weighted by Crippen LogP contribution is 2.35. The van der Waals surface area contributed by atoms with Crippen molar-refractivity contribution >= 4 is 47.6 Å². The Morgan fingerprint density at radius 3 is 2.47 bits per heavy atom. The molecule has 0 fully saturated rings. The second-order valence-electron chi connectivity index (χ2n) is 4.48. The molecule has 0 aliphatic rings. The van der Waals surface area contributed by atoms with Crippen LogP contribution < -0.4 is 0 Å². The lowest BCUT2D eigenvalue weighted by Crippen LogP contribution is -1.88. The summed E-state index contributed by atoms with van der Waals surface area (Å²) in [5, 5.41) is 2.68. The van der Waals surface area contributed by atoms with E-state index in [1.807, 2.05) is 11.3 Å². The molecule has 0 saturated carbocycles. The van der Waals surface area contributed by atoms with Crippen molar-refractivity contribution in [2.75, 3.05) is 0 Å². The molecule has 0 atom stereocenters. The predicted molar refractivity (Wildman–Crippen MR) is 86.4 cm³/mol. The zero-order valence-corrected chi connectivity index (χ0v) is 12.4. The summed E-state index contributed by atoms with van der Waals surface area (Å²) in [6.07, 6.45) is 2.15. The summed E-state index contributed by atoms with van der Waals surface area (Å²) < 4.78 is 4.71.